The van der Waals surface area contributed by atoms with Crippen molar-refractivity contribution in [2.75, 3.05) is 57.1 Å². The summed E-state index contributed by atoms with van der Waals surface area (Å²) in [4.78, 5) is 54.3. The van der Waals surface area contributed by atoms with Crippen molar-refractivity contribution in [1.29, 1.82) is 0 Å². The van der Waals surface area contributed by atoms with Crippen LogP contribution in [-0.2, 0) is 29.9 Å². The number of hydrogen-bond donors (Lipinski definition) is 2. The monoisotopic (exact) mass is 797 g/mol. The molecule has 2 amide bonds. The lowest BCUT2D eigenvalue weighted by Crippen LogP contribution is -2.33. The Kier molecular flexibility index (Phi) is 12.2. The molecule has 0 saturated heterocycles. The number of methoxy groups -OCH3 is 4. The number of carbonyl (C=O) groups excluding carboxylic acids is 4. The SMILES string of the molecule is COC(=O)c1ccc2c(c1)C(C)(C)C(=CC=CC=CC1=[N+](CC(=O)Nc3ccccc3OC)c3ccc(C(=O)OC)cc3C1(C)C)N2CC(=O)Nc1ccccc1OC. The van der Waals surface area contributed by atoms with Gasteiger partial charge in [0.1, 0.15) is 18.0 Å². The maximum absolute atomic E-state index is 13.6. The van der Waals surface area contributed by atoms with Crippen molar-refractivity contribution in [1.82, 2.24) is 0 Å². The molecule has 0 unspecified atom stereocenters. The van der Waals surface area contributed by atoms with Gasteiger partial charge < -0.3 is 34.5 Å². The molecule has 12 nitrogen and oxygen atoms in total. The van der Waals surface area contributed by atoms with E-state index in [2.05, 4.69) is 10.6 Å². The fourth-order valence-corrected chi connectivity index (χ4v) is 7.70. The molecule has 0 aliphatic carbocycles. The molecular formula is C47H49N4O8+. The average Bonchev–Trinajstić information content (AvgIpc) is 3.57. The molecule has 0 fully saturated rings. The Morgan fingerprint density at radius 3 is 1.81 bits per heavy atom. The summed E-state index contributed by atoms with van der Waals surface area (Å²) in [6.45, 7) is 8.17. The van der Waals surface area contributed by atoms with Crippen molar-refractivity contribution >= 4 is 52.2 Å². The Balaban J connectivity index is 1.34. The van der Waals surface area contributed by atoms with Gasteiger partial charge in [-0.25, -0.2) is 9.59 Å². The molecule has 6 rings (SSSR count). The number of nitrogens with zero attached hydrogens (tertiary/aromatic N) is 2. The number of ether oxygens (including phenoxy) is 4. The van der Waals surface area contributed by atoms with E-state index < -0.39 is 22.8 Å². The second-order valence-corrected chi connectivity index (χ2v) is 15.0. The highest BCUT2D eigenvalue weighted by Gasteiger charge is 2.46. The Hall–Kier alpha value is -6.95. The minimum Gasteiger partial charge on any atom is -0.495 e. The minimum absolute atomic E-state index is 0.00855. The molecule has 2 N–H and O–H groups in total. The van der Waals surface area contributed by atoms with Crippen LogP contribution in [-0.4, -0.2) is 75.6 Å². The number of nitrogens with one attached hydrogen (secondary N) is 2. The first kappa shape index (κ1) is 41.7. The van der Waals surface area contributed by atoms with Crippen LogP contribution < -0.4 is 25.0 Å². The van der Waals surface area contributed by atoms with E-state index >= 15 is 0 Å². The highest BCUT2D eigenvalue weighted by Crippen LogP contribution is 2.48. The Labute approximate surface area is 344 Å². The standard InChI is InChI=1S/C47H48N4O8/c1-46(2)32-26-30(44(54)58-7)22-24-36(32)50(28-42(52)48-34-16-12-14-18-38(34)56-5)40(46)20-10-9-11-21-41-47(3,4)33-27-31(45(55)59-8)23-25-37(33)51(41)29-43(53)49-35-17-13-15-19-39(35)57-6/h9-27H,28-29H2,1-8H3,(H-,48,49,52,53)/p+1. The van der Waals surface area contributed by atoms with Crippen LogP contribution in [0.1, 0.15) is 59.5 Å². The number of fused-ring (bicyclic) bond motifs is 2. The number of hydrogen-bond acceptors (Lipinski definition) is 9. The van der Waals surface area contributed by atoms with Crippen molar-refractivity contribution in [3.63, 3.8) is 0 Å². The molecule has 59 heavy (non-hydrogen) atoms. The molecule has 0 spiro atoms. The predicted octanol–water partition coefficient (Wildman–Crippen LogP) is 7.72. The third-order valence-electron chi connectivity index (χ3n) is 10.7. The van der Waals surface area contributed by atoms with Crippen LogP contribution in [0.5, 0.6) is 11.5 Å². The number of benzene rings is 4. The number of amides is 2. The van der Waals surface area contributed by atoms with E-state index in [4.69, 9.17) is 18.9 Å². The third-order valence-corrected chi connectivity index (χ3v) is 10.7. The van der Waals surface area contributed by atoms with Crippen molar-refractivity contribution in [2.45, 2.75) is 38.5 Å². The molecule has 0 aromatic heterocycles. The van der Waals surface area contributed by atoms with E-state index in [9.17, 15) is 19.2 Å². The molecule has 0 atom stereocenters. The van der Waals surface area contributed by atoms with Crippen molar-refractivity contribution in [3.8, 4) is 11.5 Å². The lowest BCUT2D eigenvalue weighted by atomic mass is 9.81. The fraction of sp³-hybridized carbons (Fsp3) is 0.255. The normalized spacial score (nSPS) is 15.6. The lowest BCUT2D eigenvalue weighted by Gasteiger charge is -2.26. The first-order valence-electron chi connectivity index (χ1n) is 19.0. The van der Waals surface area contributed by atoms with Crippen LogP contribution in [0.15, 0.2) is 121 Å². The first-order chi connectivity index (χ1) is 28.2. The van der Waals surface area contributed by atoms with Gasteiger partial charge in [0.15, 0.2) is 5.71 Å². The minimum atomic E-state index is -0.606. The van der Waals surface area contributed by atoms with E-state index in [1.54, 1.807) is 50.6 Å². The Morgan fingerprint density at radius 2 is 1.22 bits per heavy atom. The Bertz CT molecular complexity index is 2440. The molecule has 12 heteroatoms. The van der Waals surface area contributed by atoms with Crippen LogP contribution in [0.25, 0.3) is 0 Å². The number of para-hydroxylation sites is 4. The van der Waals surface area contributed by atoms with Crippen molar-refractivity contribution < 1.29 is 42.7 Å². The molecular weight excluding hydrogens is 749 g/mol. The third kappa shape index (κ3) is 8.38. The summed E-state index contributed by atoms with van der Waals surface area (Å²) in [5, 5.41) is 5.95. The highest BCUT2D eigenvalue weighted by atomic mass is 16.5. The summed E-state index contributed by atoms with van der Waals surface area (Å²) in [7, 11) is 5.79. The Morgan fingerprint density at radius 1 is 0.661 bits per heavy atom. The van der Waals surface area contributed by atoms with Gasteiger partial charge in [0.25, 0.3) is 5.91 Å². The molecule has 2 aliphatic heterocycles. The molecule has 4 aromatic rings. The van der Waals surface area contributed by atoms with Crippen molar-refractivity contribution in [2.24, 2.45) is 0 Å². The van der Waals surface area contributed by atoms with Gasteiger partial charge in [0.2, 0.25) is 18.1 Å². The molecule has 4 aromatic carbocycles. The predicted molar refractivity (Wildman–Crippen MR) is 228 cm³/mol. The maximum atomic E-state index is 13.6. The van der Waals surface area contributed by atoms with E-state index in [-0.39, 0.29) is 24.9 Å². The summed E-state index contributed by atoms with van der Waals surface area (Å²) in [5.41, 5.74) is 5.71. The van der Waals surface area contributed by atoms with Crippen LogP contribution in [0.3, 0.4) is 0 Å². The molecule has 2 heterocycles. The van der Waals surface area contributed by atoms with Crippen LogP contribution in [0.2, 0.25) is 0 Å². The summed E-state index contributed by atoms with van der Waals surface area (Å²) < 4.78 is 22.9. The van der Waals surface area contributed by atoms with E-state index in [0.717, 1.165) is 33.9 Å². The van der Waals surface area contributed by atoms with Gasteiger partial charge in [0.05, 0.1) is 56.4 Å². The smallest absolute Gasteiger partial charge is 0.337 e. The summed E-state index contributed by atoms with van der Waals surface area (Å²) >= 11 is 0. The van der Waals surface area contributed by atoms with Gasteiger partial charge in [-0.05, 0) is 80.1 Å². The molecule has 0 radical (unpaired) electrons. The topological polar surface area (TPSA) is 136 Å². The number of esters is 2. The van der Waals surface area contributed by atoms with E-state index in [0.29, 0.717) is 34.0 Å². The zero-order valence-corrected chi connectivity index (χ0v) is 34.5. The van der Waals surface area contributed by atoms with Gasteiger partial charge in [0, 0.05) is 34.5 Å². The van der Waals surface area contributed by atoms with Crippen LogP contribution in [0.4, 0.5) is 22.7 Å². The molecule has 0 bridgehead atoms. The van der Waals surface area contributed by atoms with Gasteiger partial charge in [-0.3, -0.25) is 9.59 Å². The van der Waals surface area contributed by atoms with Crippen molar-refractivity contribution in [3.05, 3.63) is 143 Å². The molecule has 0 saturated carbocycles. The number of allylic oxidation sites excluding steroid dienone is 6. The van der Waals surface area contributed by atoms with Gasteiger partial charge in [-0.15, -0.1) is 0 Å². The van der Waals surface area contributed by atoms with Gasteiger partial charge >= 0.3 is 11.9 Å². The summed E-state index contributed by atoms with van der Waals surface area (Å²) in [6.07, 6.45) is 9.60. The number of anilines is 3. The van der Waals surface area contributed by atoms with Crippen LogP contribution in [0, 0.1) is 0 Å². The van der Waals surface area contributed by atoms with Gasteiger partial charge in [-0.1, -0.05) is 56.3 Å². The van der Waals surface area contributed by atoms with E-state index in [1.165, 1.54) is 14.2 Å². The molecule has 304 valence electrons. The summed E-state index contributed by atoms with van der Waals surface area (Å²) in [6, 6.07) is 25.1. The lowest BCUT2D eigenvalue weighted by molar-refractivity contribution is -0.424. The summed E-state index contributed by atoms with van der Waals surface area (Å²) in [5.74, 6) is -0.323. The largest absolute Gasteiger partial charge is 0.495 e. The van der Waals surface area contributed by atoms with E-state index in [1.807, 2.05) is 116 Å². The molecule has 2 aliphatic rings. The zero-order valence-electron chi connectivity index (χ0n) is 34.5. The van der Waals surface area contributed by atoms with Gasteiger partial charge in [-0.2, -0.15) is 4.58 Å². The first-order valence-corrected chi connectivity index (χ1v) is 19.0. The zero-order chi connectivity index (χ0) is 42.5. The van der Waals surface area contributed by atoms with Crippen LogP contribution >= 0.6 is 0 Å². The fourth-order valence-electron chi connectivity index (χ4n) is 7.70. The number of rotatable bonds is 13. The highest BCUT2D eigenvalue weighted by molar-refractivity contribution is 6.05. The maximum Gasteiger partial charge on any atom is 0.337 e. The second-order valence-electron chi connectivity index (χ2n) is 15.0. The quantitative estimate of drug-likeness (QED) is 0.0792. The second kappa shape index (κ2) is 17.3. The average molecular weight is 798 g/mol. The number of carbonyl (C=O) groups is 4.